The summed E-state index contributed by atoms with van der Waals surface area (Å²) >= 11 is 1.59. The van der Waals surface area contributed by atoms with Crippen molar-refractivity contribution in [1.29, 1.82) is 0 Å². The van der Waals surface area contributed by atoms with Crippen molar-refractivity contribution in [3.63, 3.8) is 0 Å². The van der Waals surface area contributed by atoms with Crippen LogP contribution in [0.25, 0.3) is 16.9 Å². The normalized spacial score (nSPS) is 10.9. The number of phenols is 1. The molecule has 9 heteroatoms. The molecular formula is C22H23BN5O2S. The van der Waals surface area contributed by atoms with Gasteiger partial charge in [0, 0.05) is 35.8 Å². The molecule has 0 saturated carbocycles. The number of phenolic OH excluding ortho intramolecular Hbond substituents is 1. The number of para-hydroxylation sites is 1. The summed E-state index contributed by atoms with van der Waals surface area (Å²) in [6.07, 6.45) is 2.95. The predicted octanol–water partition coefficient (Wildman–Crippen LogP) is 2.70. The molecule has 0 aliphatic rings. The summed E-state index contributed by atoms with van der Waals surface area (Å²) in [4.78, 5) is 17.8. The Morgan fingerprint density at radius 2 is 2.10 bits per heavy atom. The highest BCUT2D eigenvalue weighted by molar-refractivity contribution is 7.10. The summed E-state index contributed by atoms with van der Waals surface area (Å²) in [6.45, 7) is 3.19. The molecular weight excluding hydrogens is 409 g/mol. The number of rotatable bonds is 9. The lowest BCUT2D eigenvalue weighted by atomic mass is 9.75. The van der Waals surface area contributed by atoms with E-state index >= 15 is 0 Å². The molecule has 4 aromatic rings. The number of aromatic nitrogens is 3. The van der Waals surface area contributed by atoms with Gasteiger partial charge in [0.05, 0.1) is 12.1 Å². The lowest BCUT2D eigenvalue weighted by molar-refractivity contribution is -0.120. The van der Waals surface area contributed by atoms with E-state index in [0.29, 0.717) is 30.8 Å². The molecule has 3 heterocycles. The van der Waals surface area contributed by atoms with E-state index in [2.05, 4.69) is 15.7 Å². The van der Waals surface area contributed by atoms with E-state index in [1.165, 1.54) is 0 Å². The summed E-state index contributed by atoms with van der Waals surface area (Å²) in [6, 6.07) is 12.9. The van der Waals surface area contributed by atoms with Gasteiger partial charge in [-0.05, 0) is 35.5 Å². The molecule has 1 amide bonds. The highest BCUT2D eigenvalue weighted by Gasteiger charge is 2.13. The van der Waals surface area contributed by atoms with Crippen LogP contribution < -0.4 is 16.1 Å². The number of anilines is 1. The maximum atomic E-state index is 12.0. The maximum absolute atomic E-state index is 12.0. The van der Waals surface area contributed by atoms with Gasteiger partial charge in [-0.25, -0.2) is 4.98 Å². The molecule has 0 saturated heterocycles. The molecule has 0 unspecified atom stereocenters. The van der Waals surface area contributed by atoms with Gasteiger partial charge in [0.15, 0.2) is 12.9 Å². The smallest absolute Gasteiger partial charge is 0.225 e. The Morgan fingerprint density at radius 1 is 1.23 bits per heavy atom. The molecule has 1 aromatic carbocycles. The van der Waals surface area contributed by atoms with Gasteiger partial charge in [-0.1, -0.05) is 25.0 Å². The largest absolute Gasteiger partial charge is 0.507 e. The van der Waals surface area contributed by atoms with Crippen molar-refractivity contribution in [3.05, 3.63) is 58.9 Å². The number of fused-ring (bicyclic) bond motifs is 1. The first-order valence-corrected chi connectivity index (χ1v) is 11.0. The van der Waals surface area contributed by atoms with Crippen molar-refractivity contribution in [2.45, 2.75) is 19.7 Å². The maximum Gasteiger partial charge on any atom is 0.225 e. The Morgan fingerprint density at radius 3 is 2.87 bits per heavy atom. The zero-order valence-corrected chi connectivity index (χ0v) is 18.0. The second kappa shape index (κ2) is 9.66. The molecule has 3 N–H and O–H groups in total. The fourth-order valence-corrected chi connectivity index (χ4v) is 4.01. The first-order chi connectivity index (χ1) is 15.2. The van der Waals surface area contributed by atoms with Crippen LogP contribution in [0.5, 0.6) is 5.75 Å². The van der Waals surface area contributed by atoms with Crippen molar-refractivity contribution in [2.24, 2.45) is 0 Å². The van der Waals surface area contributed by atoms with Crippen LogP contribution in [0.15, 0.2) is 54.0 Å². The molecule has 0 fully saturated rings. The average molecular weight is 432 g/mol. The zero-order chi connectivity index (χ0) is 21.6. The fourth-order valence-electron chi connectivity index (χ4n) is 3.30. The van der Waals surface area contributed by atoms with Gasteiger partial charge in [-0.2, -0.15) is 9.61 Å². The van der Waals surface area contributed by atoms with E-state index < -0.39 is 0 Å². The summed E-state index contributed by atoms with van der Waals surface area (Å²) in [7, 11) is 1.96. The highest BCUT2D eigenvalue weighted by Crippen LogP contribution is 2.29. The average Bonchev–Trinajstić information content (AvgIpc) is 3.43. The topological polar surface area (TPSA) is 91.5 Å². The van der Waals surface area contributed by atoms with Crippen LogP contribution in [0.2, 0.25) is 6.82 Å². The lowest BCUT2D eigenvalue weighted by Gasteiger charge is -2.12. The first-order valence-electron chi connectivity index (χ1n) is 10.1. The minimum absolute atomic E-state index is 0.0331. The number of benzene rings is 1. The molecule has 0 bridgehead atoms. The standard InChI is InChI=1S/C22H23BN5O2S/c1-23-17-14-26-28-20(13-18(27-22(17)28)16-7-2-3-8-19(16)29)24-9-5-10-25-21(30)12-15-6-4-11-31-15/h2-4,6-8,11,13-14,24,29H,5,9-10,12H2,1H3,(H,25,30). The number of hydrogen-bond acceptors (Lipinski definition) is 6. The second-order valence-electron chi connectivity index (χ2n) is 7.05. The minimum atomic E-state index is 0.0331. The van der Waals surface area contributed by atoms with Crippen molar-refractivity contribution < 1.29 is 9.90 Å². The molecule has 31 heavy (non-hydrogen) atoms. The molecule has 3 aromatic heterocycles. The van der Waals surface area contributed by atoms with E-state index in [1.807, 2.05) is 49.8 Å². The van der Waals surface area contributed by atoms with E-state index in [-0.39, 0.29) is 11.7 Å². The van der Waals surface area contributed by atoms with Crippen molar-refractivity contribution in [1.82, 2.24) is 19.9 Å². The van der Waals surface area contributed by atoms with Crippen LogP contribution >= 0.6 is 11.3 Å². The third-order valence-electron chi connectivity index (χ3n) is 4.89. The third-order valence-corrected chi connectivity index (χ3v) is 5.76. The summed E-state index contributed by atoms with van der Waals surface area (Å²) in [5.41, 5.74) is 2.97. The number of carbonyl (C=O) groups is 1. The van der Waals surface area contributed by atoms with E-state index in [0.717, 1.165) is 28.2 Å². The molecule has 7 nitrogen and oxygen atoms in total. The van der Waals surface area contributed by atoms with Gasteiger partial charge in [-0.3, -0.25) is 4.79 Å². The Balaban J connectivity index is 1.43. The molecule has 1 radical (unpaired) electrons. The predicted molar refractivity (Wildman–Crippen MR) is 125 cm³/mol. The zero-order valence-electron chi connectivity index (χ0n) is 17.2. The van der Waals surface area contributed by atoms with Crippen LogP contribution in [-0.2, 0) is 11.2 Å². The summed E-state index contributed by atoms with van der Waals surface area (Å²) in [5.74, 6) is 0.993. The Labute approximate surface area is 185 Å². The van der Waals surface area contributed by atoms with Gasteiger partial charge < -0.3 is 15.7 Å². The SMILES string of the molecule is C[B]c1cnn2c(NCCCNC(=O)Cc3cccs3)cc(-c3ccccc3O)nc12. The summed E-state index contributed by atoms with van der Waals surface area (Å²) in [5, 5.41) is 23.0. The van der Waals surface area contributed by atoms with E-state index in [4.69, 9.17) is 4.98 Å². The Bertz CT molecular complexity index is 1180. The molecule has 0 spiro atoms. The third kappa shape index (κ3) is 4.88. The minimum Gasteiger partial charge on any atom is -0.507 e. The Kier molecular flexibility index (Phi) is 6.52. The van der Waals surface area contributed by atoms with Gasteiger partial charge in [-0.15, -0.1) is 11.3 Å². The van der Waals surface area contributed by atoms with Crippen LogP contribution in [0, 0.1) is 0 Å². The number of nitrogens with one attached hydrogen (secondary N) is 2. The van der Waals surface area contributed by atoms with Gasteiger partial charge >= 0.3 is 0 Å². The van der Waals surface area contributed by atoms with Gasteiger partial charge in [0.25, 0.3) is 0 Å². The van der Waals surface area contributed by atoms with Crippen molar-refractivity contribution >= 4 is 41.5 Å². The second-order valence-corrected chi connectivity index (χ2v) is 8.09. The number of thiophene rings is 1. The monoisotopic (exact) mass is 432 g/mol. The number of hydrogen-bond donors (Lipinski definition) is 3. The van der Waals surface area contributed by atoms with Crippen LogP contribution in [0.1, 0.15) is 11.3 Å². The first kappa shape index (κ1) is 20.9. The highest BCUT2D eigenvalue weighted by atomic mass is 32.1. The van der Waals surface area contributed by atoms with Crippen LogP contribution in [0.4, 0.5) is 5.82 Å². The molecule has 0 aliphatic heterocycles. The number of amides is 1. The molecule has 157 valence electrons. The Hall–Kier alpha value is -3.33. The van der Waals surface area contributed by atoms with Crippen LogP contribution in [0.3, 0.4) is 0 Å². The van der Waals surface area contributed by atoms with Crippen molar-refractivity contribution in [3.8, 4) is 17.0 Å². The number of aromatic hydroxyl groups is 1. The van der Waals surface area contributed by atoms with Crippen molar-refractivity contribution in [2.75, 3.05) is 18.4 Å². The fraction of sp³-hybridized carbons (Fsp3) is 0.227. The molecule has 0 atom stereocenters. The van der Waals surface area contributed by atoms with Gasteiger partial charge in [0.1, 0.15) is 11.6 Å². The quantitative estimate of drug-likeness (QED) is 0.280. The van der Waals surface area contributed by atoms with Crippen LogP contribution in [-0.4, -0.2) is 46.0 Å². The molecule has 4 rings (SSSR count). The van der Waals surface area contributed by atoms with Gasteiger partial charge in [0.2, 0.25) is 5.91 Å². The number of carbonyl (C=O) groups excluding carboxylic acids is 1. The number of nitrogens with zero attached hydrogens (tertiary/aromatic N) is 3. The molecule has 0 aliphatic carbocycles. The van der Waals surface area contributed by atoms with E-state index in [1.54, 1.807) is 34.2 Å². The summed E-state index contributed by atoms with van der Waals surface area (Å²) < 4.78 is 1.76. The lowest BCUT2D eigenvalue weighted by Crippen LogP contribution is -2.27. The van der Waals surface area contributed by atoms with E-state index in [9.17, 15) is 9.90 Å².